The molecule has 2 aromatic rings. The van der Waals surface area contributed by atoms with Gasteiger partial charge in [0.25, 0.3) is 0 Å². The van der Waals surface area contributed by atoms with Crippen LogP contribution in [0, 0.1) is 11.3 Å². The zero-order valence-corrected chi connectivity index (χ0v) is 14.5. The first-order valence-corrected chi connectivity index (χ1v) is 8.89. The van der Waals surface area contributed by atoms with E-state index in [0.29, 0.717) is 24.3 Å². The highest BCUT2D eigenvalue weighted by molar-refractivity contribution is 5.75. The van der Waals surface area contributed by atoms with Gasteiger partial charge in [0, 0.05) is 17.6 Å². The van der Waals surface area contributed by atoms with Crippen LogP contribution in [0.5, 0.6) is 5.75 Å². The average molecular weight is 330 g/mol. The standard InChI is InChI=1S/C22H22N2O/c1-24-19-10-11-20(24)13-18(12-19)21-9-5-8-17(14-23)22(21)25-15-16-6-3-2-4-7-16/h2-9,12,19-20H,10-11,13,15H2,1H3/t19-,20-/m1/s1. The summed E-state index contributed by atoms with van der Waals surface area (Å²) in [5, 5.41) is 9.54. The molecule has 3 nitrogen and oxygen atoms in total. The van der Waals surface area contributed by atoms with Crippen molar-refractivity contribution in [1.82, 2.24) is 4.90 Å². The van der Waals surface area contributed by atoms with Gasteiger partial charge in [-0.1, -0.05) is 48.5 Å². The zero-order chi connectivity index (χ0) is 17.2. The summed E-state index contributed by atoms with van der Waals surface area (Å²) in [6.45, 7) is 0.479. The number of hydrogen-bond acceptors (Lipinski definition) is 3. The van der Waals surface area contributed by atoms with E-state index in [9.17, 15) is 5.26 Å². The third kappa shape index (κ3) is 3.06. The summed E-state index contributed by atoms with van der Waals surface area (Å²) < 4.78 is 6.14. The molecule has 1 saturated heterocycles. The molecule has 2 atom stereocenters. The van der Waals surface area contributed by atoms with Crippen molar-refractivity contribution >= 4 is 5.57 Å². The van der Waals surface area contributed by atoms with Crippen LogP contribution in [0.2, 0.25) is 0 Å². The lowest BCUT2D eigenvalue weighted by atomic mass is 9.93. The number of hydrogen-bond donors (Lipinski definition) is 0. The number of para-hydroxylation sites is 1. The quantitative estimate of drug-likeness (QED) is 0.834. The van der Waals surface area contributed by atoms with E-state index in [1.807, 2.05) is 42.5 Å². The molecule has 0 radical (unpaired) electrons. The fourth-order valence-electron chi connectivity index (χ4n) is 4.01. The minimum absolute atomic E-state index is 0.479. The van der Waals surface area contributed by atoms with Crippen molar-refractivity contribution in [3.8, 4) is 11.8 Å². The third-order valence-electron chi connectivity index (χ3n) is 5.45. The van der Waals surface area contributed by atoms with Crippen molar-refractivity contribution < 1.29 is 4.74 Å². The molecule has 4 rings (SSSR count). The van der Waals surface area contributed by atoms with Crippen molar-refractivity contribution in [3.05, 3.63) is 71.3 Å². The first-order chi connectivity index (χ1) is 12.3. The van der Waals surface area contributed by atoms with E-state index in [2.05, 4.69) is 30.2 Å². The summed E-state index contributed by atoms with van der Waals surface area (Å²) in [6.07, 6.45) is 5.88. The number of rotatable bonds is 4. The minimum atomic E-state index is 0.479. The predicted molar refractivity (Wildman–Crippen MR) is 99.1 cm³/mol. The molecule has 25 heavy (non-hydrogen) atoms. The molecular weight excluding hydrogens is 308 g/mol. The number of ether oxygens (including phenoxy) is 1. The van der Waals surface area contributed by atoms with E-state index >= 15 is 0 Å². The Bertz CT molecular complexity index is 835. The molecule has 2 aliphatic heterocycles. The second-order valence-corrected chi connectivity index (χ2v) is 6.93. The van der Waals surface area contributed by atoms with Crippen molar-refractivity contribution in [2.75, 3.05) is 7.05 Å². The van der Waals surface area contributed by atoms with Crippen molar-refractivity contribution in [3.63, 3.8) is 0 Å². The second-order valence-electron chi connectivity index (χ2n) is 6.93. The minimum Gasteiger partial charge on any atom is -0.487 e. The maximum Gasteiger partial charge on any atom is 0.145 e. The monoisotopic (exact) mass is 330 g/mol. The Morgan fingerprint density at radius 2 is 1.96 bits per heavy atom. The van der Waals surface area contributed by atoms with Gasteiger partial charge in [0.2, 0.25) is 0 Å². The van der Waals surface area contributed by atoms with Crippen LogP contribution in [-0.4, -0.2) is 24.0 Å². The van der Waals surface area contributed by atoms with Crippen LogP contribution >= 0.6 is 0 Å². The predicted octanol–water partition coefficient (Wildman–Crippen LogP) is 4.39. The lowest BCUT2D eigenvalue weighted by molar-refractivity contribution is 0.263. The molecule has 0 spiro atoms. The van der Waals surface area contributed by atoms with E-state index < -0.39 is 0 Å². The molecule has 2 heterocycles. The molecule has 0 aromatic heterocycles. The van der Waals surface area contributed by atoms with Crippen molar-refractivity contribution in [2.24, 2.45) is 0 Å². The molecule has 2 aromatic carbocycles. The average Bonchev–Trinajstić information content (AvgIpc) is 2.87. The SMILES string of the molecule is CN1[C@@H]2CC[C@@H]1C=C(c1cccc(C#N)c1OCc1ccccc1)C2. The maximum atomic E-state index is 9.54. The lowest BCUT2D eigenvalue weighted by Crippen LogP contribution is -2.34. The van der Waals surface area contributed by atoms with Gasteiger partial charge in [-0.05, 0) is 43.5 Å². The largest absolute Gasteiger partial charge is 0.487 e. The molecule has 0 aliphatic carbocycles. The molecule has 0 saturated carbocycles. The summed E-state index contributed by atoms with van der Waals surface area (Å²) in [5.41, 5.74) is 4.13. The van der Waals surface area contributed by atoms with E-state index in [4.69, 9.17) is 4.74 Å². The Morgan fingerprint density at radius 1 is 1.12 bits per heavy atom. The molecule has 0 amide bonds. The first-order valence-electron chi connectivity index (χ1n) is 8.89. The molecule has 126 valence electrons. The van der Waals surface area contributed by atoms with Gasteiger partial charge in [-0.2, -0.15) is 5.26 Å². The summed E-state index contributed by atoms with van der Waals surface area (Å²) in [5.74, 6) is 0.726. The van der Waals surface area contributed by atoms with E-state index in [1.165, 1.54) is 18.4 Å². The molecule has 2 aliphatic rings. The van der Waals surface area contributed by atoms with Crippen LogP contribution in [0.3, 0.4) is 0 Å². The first kappa shape index (κ1) is 15.9. The summed E-state index contributed by atoms with van der Waals surface area (Å²) in [4.78, 5) is 2.47. The van der Waals surface area contributed by atoms with Gasteiger partial charge in [-0.3, -0.25) is 4.90 Å². The molecular formula is C22H22N2O. The van der Waals surface area contributed by atoms with Gasteiger partial charge in [0.1, 0.15) is 18.4 Å². The van der Waals surface area contributed by atoms with Gasteiger partial charge in [0.05, 0.1) is 5.56 Å². The Hall–Kier alpha value is -2.57. The van der Waals surface area contributed by atoms with E-state index in [-0.39, 0.29) is 0 Å². The number of likely N-dealkylation sites (N-methyl/N-ethyl adjacent to an activating group) is 1. The van der Waals surface area contributed by atoms with Crippen LogP contribution < -0.4 is 4.74 Å². The third-order valence-corrected chi connectivity index (χ3v) is 5.45. The number of nitriles is 1. The fourth-order valence-corrected chi connectivity index (χ4v) is 4.01. The Labute approximate surface area is 149 Å². The number of nitrogens with zero attached hydrogens (tertiary/aromatic N) is 2. The summed E-state index contributed by atoms with van der Waals surface area (Å²) >= 11 is 0. The highest BCUT2D eigenvalue weighted by atomic mass is 16.5. The van der Waals surface area contributed by atoms with Gasteiger partial charge < -0.3 is 4.74 Å². The highest BCUT2D eigenvalue weighted by Gasteiger charge is 2.34. The molecule has 0 N–H and O–H groups in total. The lowest BCUT2D eigenvalue weighted by Gasteiger charge is -2.31. The van der Waals surface area contributed by atoms with Crippen LogP contribution in [0.4, 0.5) is 0 Å². The summed E-state index contributed by atoms with van der Waals surface area (Å²) in [6, 6.07) is 19.4. The molecule has 0 unspecified atom stereocenters. The van der Waals surface area contributed by atoms with Crippen molar-refractivity contribution in [2.45, 2.75) is 38.0 Å². The van der Waals surface area contributed by atoms with Crippen LogP contribution in [0.1, 0.15) is 36.0 Å². The molecule has 1 fully saturated rings. The number of fused-ring (bicyclic) bond motifs is 2. The summed E-state index contributed by atoms with van der Waals surface area (Å²) in [7, 11) is 2.22. The van der Waals surface area contributed by atoms with Crippen LogP contribution in [-0.2, 0) is 6.61 Å². The van der Waals surface area contributed by atoms with Crippen LogP contribution in [0.25, 0.3) is 5.57 Å². The Morgan fingerprint density at radius 3 is 2.72 bits per heavy atom. The fraction of sp³-hybridized carbons (Fsp3) is 0.318. The number of benzene rings is 2. The molecule has 3 heteroatoms. The maximum absolute atomic E-state index is 9.54. The van der Waals surface area contributed by atoms with Gasteiger partial charge in [0.15, 0.2) is 0 Å². The Balaban J connectivity index is 1.67. The topological polar surface area (TPSA) is 36.3 Å². The smallest absolute Gasteiger partial charge is 0.145 e. The van der Waals surface area contributed by atoms with Gasteiger partial charge in [-0.25, -0.2) is 0 Å². The highest BCUT2D eigenvalue weighted by Crippen LogP contribution is 2.41. The van der Waals surface area contributed by atoms with E-state index in [1.54, 1.807) is 0 Å². The normalized spacial score (nSPS) is 22.3. The molecule has 2 bridgehead atoms. The van der Waals surface area contributed by atoms with Gasteiger partial charge in [-0.15, -0.1) is 0 Å². The van der Waals surface area contributed by atoms with E-state index in [0.717, 1.165) is 23.3 Å². The van der Waals surface area contributed by atoms with Crippen LogP contribution in [0.15, 0.2) is 54.6 Å². The second kappa shape index (κ2) is 6.74. The Kier molecular flexibility index (Phi) is 4.29. The van der Waals surface area contributed by atoms with Gasteiger partial charge >= 0.3 is 0 Å². The van der Waals surface area contributed by atoms with Crippen molar-refractivity contribution in [1.29, 1.82) is 5.26 Å². The zero-order valence-electron chi connectivity index (χ0n) is 14.5.